The summed E-state index contributed by atoms with van der Waals surface area (Å²) in [5.41, 5.74) is 2.66. The van der Waals surface area contributed by atoms with Gasteiger partial charge in [-0.3, -0.25) is 4.79 Å². The van der Waals surface area contributed by atoms with Gasteiger partial charge in [0.25, 0.3) is 0 Å². The van der Waals surface area contributed by atoms with Crippen molar-refractivity contribution in [2.24, 2.45) is 5.92 Å². The van der Waals surface area contributed by atoms with Gasteiger partial charge in [0.1, 0.15) is 0 Å². The first-order valence-corrected chi connectivity index (χ1v) is 7.82. The van der Waals surface area contributed by atoms with Crippen molar-refractivity contribution in [3.05, 3.63) is 23.3 Å². The molecule has 1 amide bonds. The first-order chi connectivity index (χ1) is 9.21. The van der Waals surface area contributed by atoms with E-state index in [4.69, 9.17) is 0 Å². The average molecular weight is 277 g/mol. The van der Waals surface area contributed by atoms with E-state index >= 15 is 0 Å². The normalized spacial score (nSPS) is 16.0. The van der Waals surface area contributed by atoms with E-state index in [0.29, 0.717) is 11.8 Å². The van der Waals surface area contributed by atoms with Crippen molar-refractivity contribution < 1.29 is 4.79 Å². The molecule has 0 unspecified atom stereocenters. The van der Waals surface area contributed by atoms with Crippen molar-refractivity contribution in [3.63, 3.8) is 0 Å². The maximum atomic E-state index is 12.4. The van der Waals surface area contributed by atoms with E-state index in [0.717, 1.165) is 32.2 Å². The van der Waals surface area contributed by atoms with Crippen molar-refractivity contribution in [1.82, 2.24) is 4.90 Å². The third kappa shape index (κ3) is 5.94. The van der Waals surface area contributed by atoms with Gasteiger partial charge in [-0.1, -0.05) is 23.3 Å². The Labute approximate surface area is 124 Å². The summed E-state index contributed by atoms with van der Waals surface area (Å²) in [5.74, 6) is 0.638. The zero-order chi connectivity index (χ0) is 15.3. The molecule has 0 radical (unpaired) electrons. The van der Waals surface area contributed by atoms with Crippen LogP contribution in [-0.2, 0) is 4.79 Å². The number of nitrogens with zero attached hydrogens (tertiary/aromatic N) is 1. The Morgan fingerprint density at radius 1 is 1.15 bits per heavy atom. The third-order valence-electron chi connectivity index (χ3n) is 3.72. The Bertz CT molecular complexity index is 390. The lowest BCUT2D eigenvalue weighted by Crippen LogP contribution is -2.46. The maximum Gasteiger partial charge on any atom is 0.226 e. The molecule has 0 heterocycles. The van der Waals surface area contributed by atoms with Crippen molar-refractivity contribution >= 4 is 5.91 Å². The number of amides is 1. The zero-order valence-electron chi connectivity index (χ0n) is 14.1. The van der Waals surface area contributed by atoms with Crippen molar-refractivity contribution in [1.29, 1.82) is 0 Å². The predicted octanol–water partition coefficient (Wildman–Crippen LogP) is 4.72. The number of carbonyl (C=O) groups is 1. The quantitative estimate of drug-likeness (QED) is 0.643. The second-order valence-corrected chi connectivity index (χ2v) is 7.26. The van der Waals surface area contributed by atoms with Crippen LogP contribution in [0.2, 0.25) is 0 Å². The summed E-state index contributed by atoms with van der Waals surface area (Å²) in [6, 6.07) is 0. The number of allylic oxidation sites excluding steroid dienone is 3. The van der Waals surface area contributed by atoms with Crippen LogP contribution >= 0.6 is 0 Å². The summed E-state index contributed by atoms with van der Waals surface area (Å²) in [7, 11) is 0. The lowest BCUT2D eigenvalue weighted by atomic mass is 10.0. The van der Waals surface area contributed by atoms with Gasteiger partial charge in [0.2, 0.25) is 5.91 Å². The van der Waals surface area contributed by atoms with E-state index in [1.54, 1.807) is 0 Å². The van der Waals surface area contributed by atoms with Crippen LogP contribution in [-0.4, -0.2) is 22.9 Å². The van der Waals surface area contributed by atoms with E-state index in [-0.39, 0.29) is 5.54 Å². The SMILES string of the molecule is CC(C)=CCC/C(C)=C/CN(C(=O)C1CC1)C(C)(C)C. The minimum atomic E-state index is -0.0869. The molecule has 1 aliphatic rings. The number of hydrogen-bond acceptors (Lipinski definition) is 1. The lowest BCUT2D eigenvalue weighted by Gasteiger charge is -2.35. The highest BCUT2D eigenvalue weighted by Crippen LogP contribution is 2.33. The highest BCUT2D eigenvalue weighted by Gasteiger charge is 2.37. The van der Waals surface area contributed by atoms with Crippen LogP contribution in [0.5, 0.6) is 0 Å². The topological polar surface area (TPSA) is 20.3 Å². The molecule has 0 spiro atoms. The molecule has 20 heavy (non-hydrogen) atoms. The number of hydrogen-bond donors (Lipinski definition) is 0. The van der Waals surface area contributed by atoms with E-state index in [9.17, 15) is 4.79 Å². The molecule has 0 aliphatic heterocycles. The predicted molar refractivity (Wildman–Crippen MR) is 86.6 cm³/mol. The summed E-state index contributed by atoms with van der Waals surface area (Å²) in [6.07, 6.45) is 8.83. The Hall–Kier alpha value is -1.05. The minimum Gasteiger partial charge on any atom is -0.334 e. The molecule has 0 aromatic carbocycles. The zero-order valence-corrected chi connectivity index (χ0v) is 14.1. The molecule has 0 bridgehead atoms. The molecule has 2 heteroatoms. The lowest BCUT2D eigenvalue weighted by molar-refractivity contribution is -0.136. The molecule has 0 aromatic heterocycles. The van der Waals surface area contributed by atoms with Crippen LogP contribution in [0.15, 0.2) is 23.3 Å². The molecule has 0 saturated heterocycles. The van der Waals surface area contributed by atoms with Gasteiger partial charge in [-0.2, -0.15) is 0 Å². The van der Waals surface area contributed by atoms with Gasteiger partial charge in [-0.15, -0.1) is 0 Å². The van der Waals surface area contributed by atoms with E-state index in [1.165, 1.54) is 11.1 Å². The Balaban J connectivity index is 2.56. The van der Waals surface area contributed by atoms with Gasteiger partial charge in [-0.05, 0) is 67.2 Å². The molecular formula is C18H31NO. The van der Waals surface area contributed by atoms with Crippen LogP contribution in [0.1, 0.15) is 67.2 Å². The summed E-state index contributed by atoms with van der Waals surface area (Å²) >= 11 is 0. The fourth-order valence-corrected chi connectivity index (χ4v) is 2.18. The summed E-state index contributed by atoms with van der Waals surface area (Å²) in [4.78, 5) is 14.4. The molecule has 0 N–H and O–H groups in total. The number of carbonyl (C=O) groups excluding carboxylic acids is 1. The molecule has 0 aromatic rings. The molecule has 1 saturated carbocycles. The second kappa shape index (κ2) is 7.10. The molecule has 2 nitrogen and oxygen atoms in total. The smallest absolute Gasteiger partial charge is 0.226 e. The fourth-order valence-electron chi connectivity index (χ4n) is 2.18. The van der Waals surface area contributed by atoms with Crippen LogP contribution < -0.4 is 0 Å². The van der Waals surface area contributed by atoms with Crippen LogP contribution in [0, 0.1) is 5.92 Å². The van der Waals surface area contributed by atoms with Gasteiger partial charge in [0.05, 0.1) is 0 Å². The fraction of sp³-hybridized carbons (Fsp3) is 0.722. The molecule has 1 aliphatic carbocycles. The second-order valence-electron chi connectivity index (χ2n) is 7.26. The standard InChI is InChI=1S/C18H31NO/c1-14(2)8-7-9-15(3)12-13-19(18(4,5)6)17(20)16-10-11-16/h8,12,16H,7,9-11,13H2,1-6H3/b15-12+. The monoisotopic (exact) mass is 277 g/mol. The average Bonchev–Trinajstić information content (AvgIpc) is 3.10. The summed E-state index contributed by atoms with van der Waals surface area (Å²) in [6.45, 7) is 13.6. The van der Waals surface area contributed by atoms with Gasteiger partial charge in [-0.25, -0.2) is 0 Å². The van der Waals surface area contributed by atoms with Gasteiger partial charge in [0, 0.05) is 18.0 Å². The van der Waals surface area contributed by atoms with Gasteiger partial charge < -0.3 is 4.90 Å². The van der Waals surface area contributed by atoms with E-state index in [2.05, 4.69) is 53.7 Å². The molecule has 1 fully saturated rings. The molecule has 114 valence electrons. The highest BCUT2D eigenvalue weighted by molar-refractivity contribution is 5.81. The summed E-state index contributed by atoms with van der Waals surface area (Å²) in [5, 5.41) is 0. The van der Waals surface area contributed by atoms with Crippen molar-refractivity contribution in [2.75, 3.05) is 6.54 Å². The van der Waals surface area contributed by atoms with Crippen molar-refractivity contribution in [3.8, 4) is 0 Å². The first kappa shape index (κ1) is 17.0. The van der Waals surface area contributed by atoms with Crippen molar-refractivity contribution in [2.45, 2.75) is 72.8 Å². The maximum absolute atomic E-state index is 12.4. The van der Waals surface area contributed by atoms with Crippen LogP contribution in [0.3, 0.4) is 0 Å². The van der Waals surface area contributed by atoms with Gasteiger partial charge in [0.15, 0.2) is 0 Å². The Morgan fingerprint density at radius 3 is 2.20 bits per heavy atom. The largest absolute Gasteiger partial charge is 0.334 e. The third-order valence-corrected chi connectivity index (χ3v) is 3.72. The van der Waals surface area contributed by atoms with Crippen LogP contribution in [0.4, 0.5) is 0 Å². The highest BCUT2D eigenvalue weighted by atomic mass is 16.2. The minimum absolute atomic E-state index is 0.0869. The summed E-state index contributed by atoms with van der Waals surface area (Å²) < 4.78 is 0. The first-order valence-electron chi connectivity index (χ1n) is 7.82. The van der Waals surface area contributed by atoms with E-state index in [1.807, 2.05) is 4.90 Å². The van der Waals surface area contributed by atoms with E-state index < -0.39 is 0 Å². The van der Waals surface area contributed by atoms with Gasteiger partial charge >= 0.3 is 0 Å². The Morgan fingerprint density at radius 2 is 1.75 bits per heavy atom. The molecule has 0 atom stereocenters. The number of rotatable bonds is 6. The van der Waals surface area contributed by atoms with Crippen LogP contribution in [0.25, 0.3) is 0 Å². The molecular weight excluding hydrogens is 246 g/mol. The molecule has 1 rings (SSSR count). The Kier molecular flexibility index (Phi) is 6.04.